The number of amides is 1. The summed E-state index contributed by atoms with van der Waals surface area (Å²) in [6.07, 6.45) is 1.22. The quantitative estimate of drug-likeness (QED) is 0.776. The van der Waals surface area contributed by atoms with Gasteiger partial charge < -0.3 is 14.5 Å². The number of methoxy groups -OCH3 is 1. The lowest BCUT2D eigenvalue weighted by Crippen LogP contribution is -2.40. The Hall–Kier alpha value is -1.95. The number of benzene rings is 1. The van der Waals surface area contributed by atoms with E-state index >= 15 is 0 Å². The molecule has 6 heteroatoms. The Kier molecular flexibility index (Phi) is 5.89. The molecule has 0 saturated carbocycles. The van der Waals surface area contributed by atoms with Gasteiger partial charge in [0.05, 0.1) is 12.3 Å². The van der Waals surface area contributed by atoms with E-state index in [4.69, 9.17) is 9.57 Å². The van der Waals surface area contributed by atoms with Crippen molar-refractivity contribution >= 4 is 11.6 Å². The molecule has 0 N–H and O–H groups in total. The van der Waals surface area contributed by atoms with Gasteiger partial charge in [-0.3, -0.25) is 4.79 Å². The molecule has 0 bridgehead atoms. The second kappa shape index (κ2) is 7.89. The van der Waals surface area contributed by atoms with Crippen molar-refractivity contribution in [3.63, 3.8) is 0 Å². The molecule has 0 fully saturated rings. The van der Waals surface area contributed by atoms with Gasteiger partial charge in [-0.15, -0.1) is 0 Å². The Morgan fingerprint density at radius 2 is 2.36 bits per heavy atom. The van der Waals surface area contributed by atoms with Crippen LogP contribution in [-0.2, 0) is 14.4 Å². The van der Waals surface area contributed by atoms with E-state index in [1.165, 1.54) is 19.2 Å². The van der Waals surface area contributed by atoms with Crippen LogP contribution >= 0.6 is 0 Å². The lowest BCUT2D eigenvalue weighted by Gasteiger charge is -2.24. The van der Waals surface area contributed by atoms with E-state index in [2.05, 4.69) is 5.16 Å². The molecule has 0 aliphatic carbocycles. The van der Waals surface area contributed by atoms with Crippen molar-refractivity contribution in [2.45, 2.75) is 25.9 Å². The highest BCUT2D eigenvalue weighted by molar-refractivity contribution is 6.01. The number of hydrogen-bond acceptors (Lipinski definition) is 4. The van der Waals surface area contributed by atoms with Crippen molar-refractivity contribution in [3.8, 4) is 0 Å². The Morgan fingerprint density at radius 1 is 1.55 bits per heavy atom. The van der Waals surface area contributed by atoms with Crippen molar-refractivity contribution in [2.24, 2.45) is 5.16 Å². The highest BCUT2D eigenvalue weighted by Gasteiger charge is 2.26. The number of ether oxygens (including phenoxy) is 1. The molecular formula is C16H21FN2O3. The van der Waals surface area contributed by atoms with Crippen molar-refractivity contribution in [1.82, 2.24) is 4.90 Å². The molecule has 1 aliphatic heterocycles. The monoisotopic (exact) mass is 308 g/mol. The normalized spacial score (nSPS) is 17.0. The summed E-state index contributed by atoms with van der Waals surface area (Å²) in [5.41, 5.74) is 1.42. The van der Waals surface area contributed by atoms with Crippen LogP contribution in [0.25, 0.3) is 0 Å². The third-order valence-corrected chi connectivity index (χ3v) is 3.43. The van der Waals surface area contributed by atoms with Gasteiger partial charge in [0.1, 0.15) is 12.4 Å². The first-order valence-electron chi connectivity index (χ1n) is 7.39. The molecule has 0 saturated heterocycles. The summed E-state index contributed by atoms with van der Waals surface area (Å²) in [7, 11) is 1.50. The van der Waals surface area contributed by atoms with Gasteiger partial charge in [0.2, 0.25) is 5.91 Å². The largest absolute Gasteiger partial charge is 0.390 e. The molecular weight excluding hydrogens is 287 g/mol. The lowest BCUT2D eigenvalue weighted by molar-refractivity contribution is -0.136. The van der Waals surface area contributed by atoms with E-state index < -0.39 is 0 Å². The minimum Gasteiger partial charge on any atom is -0.390 e. The SMILES string of the molecule is CCCN(CC1CC(c2cccc(F)c2)=NO1)C(=O)COC. The number of oxime groups is 1. The van der Waals surface area contributed by atoms with Crippen LogP contribution in [-0.4, -0.2) is 49.4 Å². The highest BCUT2D eigenvalue weighted by atomic mass is 19.1. The molecule has 5 nitrogen and oxygen atoms in total. The lowest BCUT2D eigenvalue weighted by atomic mass is 10.0. The fraction of sp³-hybridized carbons (Fsp3) is 0.500. The summed E-state index contributed by atoms with van der Waals surface area (Å²) in [6, 6.07) is 6.27. The second-order valence-electron chi connectivity index (χ2n) is 5.25. The van der Waals surface area contributed by atoms with Crippen molar-refractivity contribution < 1.29 is 18.8 Å². The maximum Gasteiger partial charge on any atom is 0.248 e. The molecule has 1 aromatic rings. The molecule has 1 aromatic carbocycles. The van der Waals surface area contributed by atoms with Crippen LogP contribution in [0, 0.1) is 5.82 Å². The predicted octanol–water partition coefficient (Wildman–Crippen LogP) is 2.20. The molecule has 1 amide bonds. The Balaban J connectivity index is 1.94. The third kappa shape index (κ3) is 4.27. The van der Waals surface area contributed by atoms with Crippen LogP contribution in [0.2, 0.25) is 0 Å². The molecule has 1 heterocycles. The van der Waals surface area contributed by atoms with Crippen LogP contribution in [0.15, 0.2) is 29.4 Å². The van der Waals surface area contributed by atoms with Gasteiger partial charge in [-0.05, 0) is 18.6 Å². The van der Waals surface area contributed by atoms with Crippen LogP contribution < -0.4 is 0 Å². The first-order chi connectivity index (χ1) is 10.6. The summed E-state index contributed by atoms with van der Waals surface area (Å²) >= 11 is 0. The fourth-order valence-electron chi connectivity index (χ4n) is 2.41. The number of nitrogens with zero attached hydrogens (tertiary/aromatic N) is 2. The van der Waals surface area contributed by atoms with Crippen molar-refractivity contribution in [2.75, 3.05) is 26.8 Å². The zero-order chi connectivity index (χ0) is 15.9. The van der Waals surface area contributed by atoms with Gasteiger partial charge >= 0.3 is 0 Å². The first kappa shape index (κ1) is 16.4. The highest BCUT2D eigenvalue weighted by Crippen LogP contribution is 2.18. The summed E-state index contributed by atoms with van der Waals surface area (Å²) in [4.78, 5) is 19.1. The Bertz CT molecular complexity index is 548. The molecule has 1 unspecified atom stereocenters. The molecule has 120 valence electrons. The maximum atomic E-state index is 13.3. The van der Waals surface area contributed by atoms with Gasteiger partial charge in [0, 0.05) is 25.6 Å². The number of halogens is 1. The molecule has 2 rings (SSSR count). The Morgan fingerprint density at radius 3 is 3.05 bits per heavy atom. The predicted molar refractivity (Wildman–Crippen MR) is 81.2 cm³/mol. The van der Waals surface area contributed by atoms with E-state index in [1.807, 2.05) is 6.92 Å². The maximum absolute atomic E-state index is 13.3. The second-order valence-corrected chi connectivity index (χ2v) is 5.25. The number of carbonyl (C=O) groups is 1. The fourth-order valence-corrected chi connectivity index (χ4v) is 2.41. The van der Waals surface area contributed by atoms with Crippen LogP contribution in [0.1, 0.15) is 25.3 Å². The summed E-state index contributed by atoms with van der Waals surface area (Å²) in [6.45, 7) is 3.18. The standard InChI is InChI=1S/C16H21FN2O3/c1-3-7-19(16(20)11-21-2)10-14-9-15(18-22-14)12-5-4-6-13(17)8-12/h4-6,8,14H,3,7,9-11H2,1-2H3. The Labute approximate surface area is 129 Å². The number of rotatable bonds is 7. The van der Waals surface area contributed by atoms with Gasteiger partial charge in [0.25, 0.3) is 0 Å². The molecule has 0 aromatic heterocycles. The zero-order valence-electron chi connectivity index (χ0n) is 12.9. The van der Waals surface area contributed by atoms with Gasteiger partial charge in [-0.25, -0.2) is 4.39 Å². The van der Waals surface area contributed by atoms with E-state index in [0.29, 0.717) is 30.8 Å². The summed E-state index contributed by atoms with van der Waals surface area (Å²) < 4.78 is 18.2. The first-order valence-corrected chi connectivity index (χ1v) is 7.39. The van der Waals surface area contributed by atoms with Gasteiger partial charge in [-0.1, -0.05) is 24.2 Å². The third-order valence-electron chi connectivity index (χ3n) is 3.43. The molecule has 0 spiro atoms. The number of hydrogen-bond donors (Lipinski definition) is 0. The molecule has 0 radical (unpaired) electrons. The van der Waals surface area contributed by atoms with Gasteiger partial charge in [-0.2, -0.15) is 0 Å². The smallest absolute Gasteiger partial charge is 0.248 e. The molecule has 1 aliphatic rings. The minimum absolute atomic E-state index is 0.0599. The minimum atomic E-state index is -0.300. The average molecular weight is 308 g/mol. The average Bonchev–Trinajstić information content (AvgIpc) is 2.96. The topological polar surface area (TPSA) is 51.1 Å². The van der Waals surface area contributed by atoms with Crippen LogP contribution in [0.5, 0.6) is 0 Å². The van der Waals surface area contributed by atoms with Crippen molar-refractivity contribution in [1.29, 1.82) is 0 Å². The van der Waals surface area contributed by atoms with Crippen LogP contribution in [0.3, 0.4) is 0 Å². The number of carbonyl (C=O) groups excluding carboxylic acids is 1. The van der Waals surface area contributed by atoms with E-state index in [-0.39, 0.29) is 24.4 Å². The zero-order valence-corrected chi connectivity index (χ0v) is 12.9. The van der Waals surface area contributed by atoms with E-state index in [0.717, 1.165) is 6.42 Å². The van der Waals surface area contributed by atoms with E-state index in [9.17, 15) is 9.18 Å². The van der Waals surface area contributed by atoms with E-state index in [1.54, 1.807) is 17.0 Å². The van der Waals surface area contributed by atoms with Gasteiger partial charge in [0.15, 0.2) is 6.10 Å². The summed E-state index contributed by atoms with van der Waals surface area (Å²) in [5.74, 6) is -0.362. The molecule has 1 atom stereocenters. The summed E-state index contributed by atoms with van der Waals surface area (Å²) in [5, 5.41) is 4.03. The van der Waals surface area contributed by atoms with Crippen molar-refractivity contribution in [3.05, 3.63) is 35.6 Å². The van der Waals surface area contributed by atoms with Crippen LogP contribution in [0.4, 0.5) is 4.39 Å². The molecule has 22 heavy (non-hydrogen) atoms.